The molecule has 0 radical (unpaired) electrons. The van der Waals surface area contributed by atoms with Gasteiger partial charge in [0, 0.05) is 5.41 Å². The molecule has 0 saturated heterocycles. The quantitative estimate of drug-likeness (QED) is 0.567. The molecule has 0 atom stereocenters. The fourth-order valence-corrected chi connectivity index (χ4v) is 5.28. The number of phenols is 2. The van der Waals surface area contributed by atoms with Crippen molar-refractivity contribution in [1.29, 1.82) is 0 Å². The number of hydrogen-bond acceptors (Lipinski definition) is 2. The summed E-state index contributed by atoms with van der Waals surface area (Å²) >= 11 is 0. The minimum Gasteiger partial charge on any atom is -0.508 e. The van der Waals surface area contributed by atoms with Gasteiger partial charge in [0.2, 0.25) is 0 Å². The van der Waals surface area contributed by atoms with Crippen LogP contribution < -0.4 is 0 Å². The van der Waals surface area contributed by atoms with E-state index in [1.807, 2.05) is 12.1 Å². The number of aromatic hydroxyl groups is 2. The van der Waals surface area contributed by atoms with E-state index in [0.29, 0.717) is 11.5 Å². The zero-order valence-electron chi connectivity index (χ0n) is 19.5. The van der Waals surface area contributed by atoms with E-state index in [-0.39, 0.29) is 16.2 Å². The SMILES string of the molecule is Cc1cc(O)c(C(C)(C)C)cc1C1(c2cc(C(C)(C)C)c(O)cc2C)CCCC1. The molecular weight excluding hydrogens is 356 g/mol. The first-order valence-electron chi connectivity index (χ1n) is 11.0. The molecule has 158 valence electrons. The topological polar surface area (TPSA) is 40.5 Å². The molecular formula is C27H38O2. The van der Waals surface area contributed by atoms with E-state index in [2.05, 4.69) is 67.5 Å². The van der Waals surface area contributed by atoms with E-state index < -0.39 is 0 Å². The Morgan fingerprint density at radius 2 is 1.00 bits per heavy atom. The van der Waals surface area contributed by atoms with Crippen LogP contribution in [0.2, 0.25) is 0 Å². The van der Waals surface area contributed by atoms with E-state index in [0.717, 1.165) is 35.1 Å². The number of aryl methyl sites for hydroxylation is 2. The molecule has 1 aliphatic carbocycles. The fourth-order valence-electron chi connectivity index (χ4n) is 5.28. The average Bonchev–Trinajstić information content (AvgIpc) is 3.02. The van der Waals surface area contributed by atoms with Crippen LogP contribution in [-0.2, 0) is 16.2 Å². The van der Waals surface area contributed by atoms with Gasteiger partial charge in [-0.1, -0.05) is 66.5 Å². The minimum atomic E-state index is -0.118. The van der Waals surface area contributed by atoms with Crippen LogP contribution in [-0.4, -0.2) is 10.2 Å². The van der Waals surface area contributed by atoms with Crippen molar-refractivity contribution in [2.24, 2.45) is 0 Å². The predicted molar refractivity (Wildman–Crippen MR) is 122 cm³/mol. The zero-order valence-corrected chi connectivity index (χ0v) is 19.5. The van der Waals surface area contributed by atoms with Gasteiger partial charge in [-0.15, -0.1) is 0 Å². The van der Waals surface area contributed by atoms with Gasteiger partial charge in [-0.3, -0.25) is 0 Å². The van der Waals surface area contributed by atoms with Crippen molar-refractivity contribution in [2.75, 3.05) is 0 Å². The van der Waals surface area contributed by atoms with Crippen LogP contribution in [0.5, 0.6) is 11.5 Å². The van der Waals surface area contributed by atoms with Gasteiger partial charge in [0.15, 0.2) is 0 Å². The Labute approximate surface area is 177 Å². The Morgan fingerprint density at radius 3 is 1.31 bits per heavy atom. The molecule has 1 aliphatic rings. The highest BCUT2D eigenvalue weighted by Crippen LogP contribution is 2.51. The molecule has 29 heavy (non-hydrogen) atoms. The normalized spacial score (nSPS) is 17.0. The van der Waals surface area contributed by atoms with Crippen molar-refractivity contribution >= 4 is 0 Å². The third-order valence-electron chi connectivity index (χ3n) is 6.79. The average molecular weight is 395 g/mol. The largest absolute Gasteiger partial charge is 0.508 e. The second-order valence-electron chi connectivity index (χ2n) is 11.2. The van der Waals surface area contributed by atoms with E-state index in [4.69, 9.17) is 0 Å². The van der Waals surface area contributed by atoms with E-state index in [1.165, 1.54) is 24.0 Å². The van der Waals surface area contributed by atoms with Gasteiger partial charge in [0.1, 0.15) is 11.5 Å². The lowest BCUT2D eigenvalue weighted by Gasteiger charge is -2.36. The Balaban J connectivity index is 2.32. The summed E-state index contributed by atoms with van der Waals surface area (Å²) in [6.07, 6.45) is 4.63. The molecule has 2 aromatic carbocycles. The Kier molecular flexibility index (Phi) is 5.30. The number of phenolic OH excluding ortho intramolecular Hbond substituents is 2. The highest BCUT2D eigenvalue weighted by atomic mass is 16.3. The first-order chi connectivity index (χ1) is 13.3. The lowest BCUT2D eigenvalue weighted by atomic mass is 9.67. The fraction of sp³-hybridized carbons (Fsp3) is 0.556. The van der Waals surface area contributed by atoms with Crippen molar-refractivity contribution in [2.45, 2.75) is 97.3 Å². The van der Waals surface area contributed by atoms with E-state index in [9.17, 15) is 10.2 Å². The summed E-state index contributed by atoms with van der Waals surface area (Å²) < 4.78 is 0. The first-order valence-corrected chi connectivity index (χ1v) is 11.0. The molecule has 2 heteroatoms. The smallest absolute Gasteiger partial charge is 0.119 e. The molecule has 1 fully saturated rings. The number of benzene rings is 2. The monoisotopic (exact) mass is 394 g/mol. The summed E-state index contributed by atoms with van der Waals surface area (Å²) in [6.45, 7) is 17.2. The van der Waals surface area contributed by atoms with Crippen molar-refractivity contribution in [1.82, 2.24) is 0 Å². The summed E-state index contributed by atoms with van der Waals surface area (Å²) in [5.74, 6) is 0.786. The zero-order chi connectivity index (χ0) is 21.8. The van der Waals surface area contributed by atoms with Crippen LogP contribution in [0.4, 0.5) is 0 Å². The summed E-state index contributed by atoms with van der Waals surface area (Å²) in [5, 5.41) is 21.3. The number of rotatable bonds is 2. The third kappa shape index (κ3) is 3.79. The molecule has 2 N–H and O–H groups in total. The van der Waals surface area contributed by atoms with E-state index >= 15 is 0 Å². The van der Waals surface area contributed by atoms with Crippen molar-refractivity contribution < 1.29 is 10.2 Å². The standard InChI is InChI=1S/C27H38O2/c1-17-13-23(28)21(25(3,4)5)15-19(17)27(11-9-10-12-27)20-16-22(26(6,7)8)24(29)14-18(20)2/h13-16,28-29H,9-12H2,1-8H3. The van der Waals surface area contributed by atoms with Crippen LogP contribution >= 0.6 is 0 Å². The second kappa shape index (κ2) is 7.07. The molecule has 1 saturated carbocycles. The van der Waals surface area contributed by atoms with Crippen molar-refractivity contribution in [3.05, 3.63) is 57.6 Å². The van der Waals surface area contributed by atoms with Gasteiger partial charge >= 0.3 is 0 Å². The summed E-state index contributed by atoms with van der Waals surface area (Å²) in [4.78, 5) is 0. The van der Waals surface area contributed by atoms with Crippen LogP contribution in [0.3, 0.4) is 0 Å². The molecule has 0 aromatic heterocycles. The molecule has 2 nitrogen and oxygen atoms in total. The molecule has 0 amide bonds. The van der Waals surface area contributed by atoms with Crippen LogP contribution in [0.25, 0.3) is 0 Å². The summed E-state index contributed by atoms with van der Waals surface area (Å²) in [7, 11) is 0. The highest BCUT2D eigenvalue weighted by Gasteiger charge is 2.41. The molecule has 0 bridgehead atoms. The van der Waals surface area contributed by atoms with Crippen LogP contribution in [0.15, 0.2) is 24.3 Å². The Hall–Kier alpha value is -1.96. The van der Waals surface area contributed by atoms with Crippen molar-refractivity contribution in [3.8, 4) is 11.5 Å². The van der Waals surface area contributed by atoms with Gasteiger partial charge in [-0.25, -0.2) is 0 Å². The molecule has 0 spiro atoms. The van der Waals surface area contributed by atoms with Crippen LogP contribution in [0, 0.1) is 13.8 Å². The second-order valence-corrected chi connectivity index (χ2v) is 11.2. The lowest BCUT2D eigenvalue weighted by Crippen LogP contribution is -2.28. The Bertz CT molecular complexity index is 846. The molecule has 0 unspecified atom stereocenters. The minimum absolute atomic E-state index is 0.0600. The van der Waals surface area contributed by atoms with Gasteiger partial charge in [0.05, 0.1) is 0 Å². The molecule has 0 heterocycles. The van der Waals surface area contributed by atoms with Gasteiger partial charge in [0.25, 0.3) is 0 Å². The van der Waals surface area contributed by atoms with E-state index in [1.54, 1.807) is 0 Å². The first kappa shape index (κ1) is 21.7. The molecule has 0 aliphatic heterocycles. The predicted octanol–water partition coefficient (Wildman–Crippen LogP) is 7.17. The van der Waals surface area contributed by atoms with Gasteiger partial charge < -0.3 is 10.2 Å². The number of hydrogen-bond donors (Lipinski definition) is 2. The maximum atomic E-state index is 10.7. The summed E-state index contributed by atoms with van der Waals surface area (Å²) in [6, 6.07) is 8.44. The van der Waals surface area contributed by atoms with Crippen LogP contribution in [0.1, 0.15) is 101 Å². The molecule has 3 rings (SSSR count). The maximum Gasteiger partial charge on any atom is 0.119 e. The van der Waals surface area contributed by atoms with Crippen molar-refractivity contribution in [3.63, 3.8) is 0 Å². The maximum absolute atomic E-state index is 10.7. The lowest BCUT2D eigenvalue weighted by molar-refractivity contribution is 0.440. The highest BCUT2D eigenvalue weighted by molar-refractivity contribution is 5.56. The van der Waals surface area contributed by atoms with Gasteiger partial charge in [-0.05, 0) is 83.0 Å². The Morgan fingerprint density at radius 1 is 0.655 bits per heavy atom. The van der Waals surface area contributed by atoms with Gasteiger partial charge in [-0.2, -0.15) is 0 Å². The molecule has 2 aromatic rings. The third-order valence-corrected chi connectivity index (χ3v) is 6.79. The summed E-state index contributed by atoms with van der Waals surface area (Å²) in [5.41, 5.74) is 6.71.